The largest absolute Gasteiger partial charge is 0.308 e. The molecule has 0 aliphatic heterocycles. The molecule has 3 nitrogen and oxygen atoms in total. The Bertz CT molecular complexity index is 553. The molecule has 1 unspecified atom stereocenters. The van der Waals surface area contributed by atoms with Gasteiger partial charge in [-0.3, -0.25) is 0 Å². The molecule has 1 atom stereocenters. The van der Waals surface area contributed by atoms with Crippen molar-refractivity contribution in [3.63, 3.8) is 0 Å². The number of nitrogens with one attached hydrogen (secondary N) is 1. The average Bonchev–Trinajstić information content (AvgIpc) is 2.85. The average molecular weight is 340 g/mol. The van der Waals surface area contributed by atoms with Gasteiger partial charge in [0.25, 0.3) is 0 Å². The van der Waals surface area contributed by atoms with Crippen molar-refractivity contribution in [2.24, 2.45) is 0 Å². The summed E-state index contributed by atoms with van der Waals surface area (Å²) in [5, 5.41) is 14.2. The number of aromatic nitrogens is 2. The highest BCUT2D eigenvalue weighted by molar-refractivity contribution is 9.10. The fraction of sp³-hybridized carbons (Fsp3) is 0.429. The minimum absolute atomic E-state index is 0.312. The van der Waals surface area contributed by atoms with E-state index < -0.39 is 0 Å². The maximum Gasteiger partial charge on any atom is 0.148 e. The highest BCUT2D eigenvalue weighted by Gasteiger charge is 2.15. The number of hydrogen-bond acceptors (Lipinski definition) is 4. The molecule has 1 aromatic heterocycles. The van der Waals surface area contributed by atoms with Crippen LogP contribution in [-0.2, 0) is 0 Å². The van der Waals surface area contributed by atoms with Gasteiger partial charge < -0.3 is 5.32 Å². The third-order valence-corrected chi connectivity index (χ3v) is 4.58. The summed E-state index contributed by atoms with van der Waals surface area (Å²) in [6.07, 6.45) is 1.03. The molecule has 0 bridgehead atoms. The van der Waals surface area contributed by atoms with Gasteiger partial charge in [-0.2, -0.15) is 0 Å². The predicted molar refractivity (Wildman–Crippen MR) is 84.5 cm³/mol. The summed E-state index contributed by atoms with van der Waals surface area (Å²) in [7, 11) is 0. The lowest BCUT2D eigenvalue weighted by Gasteiger charge is -2.11. The van der Waals surface area contributed by atoms with Crippen molar-refractivity contribution in [2.45, 2.75) is 33.2 Å². The molecule has 0 saturated heterocycles. The summed E-state index contributed by atoms with van der Waals surface area (Å²) < 4.78 is 1.09. The van der Waals surface area contributed by atoms with Crippen LogP contribution in [0.15, 0.2) is 22.7 Å². The topological polar surface area (TPSA) is 37.8 Å². The van der Waals surface area contributed by atoms with E-state index in [0.29, 0.717) is 6.04 Å². The van der Waals surface area contributed by atoms with Crippen LogP contribution in [0.5, 0.6) is 0 Å². The summed E-state index contributed by atoms with van der Waals surface area (Å²) in [5.74, 6) is 0. The molecule has 19 heavy (non-hydrogen) atoms. The summed E-state index contributed by atoms with van der Waals surface area (Å²) in [6.45, 7) is 7.33. The zero-order valence-corrected chi connectivity index (χ0v) is 13.8. The van der Waals surface area contributed by atoms with E-state index in [1.165, 1.54) is 11.1 Å². The van der Waals surface area contributed by atoms with Gasteiger partial charge in [0.05, 0.1) is 6.04 Å². The van der Waals surface area contributed by atoms with E-state index in [1.54, 1.807) is 11.3 Å². The first-order valence-corrected chi connectivity index (χ1v) is 8.10. The number of hydrogen-bond donors (Lipinski definition) is 1. The normalized spacial score (nSPS) is 12.6. The van der Waals surface area contributed by atoms with E-state index >= 15 is 0 Å². The molecule has 0 fully saturated rings. The first-order chi connectivity index (χ1) is 9.15. The van der Waals surface area contributed by atoms with Gasteiger partial charge in [0.2, 0.25) is 0 Å². The summed E-state index contributed by atoms with van der Waals surface area (Å²) >= 11 is 5.16. The quantitative estimate of drug-likeness (QED) is 0.880. The van der Waals surface area contributed by atoms with E-state index in [2.05, 4.69) is 64.3 Å². The first-order valence-electron chi connectivity index (χ1n) is 6.49. The molecular weight excluding hydrogens is 322 g/mol. The second-order valence-electron chi connectivity index (χ2n) is 4.42. The summed E-state index contributed by atoms with van der Waals surface area (Å²) in [6, 6.07) is 6.56. The fourth-order valence-corrected chi connectivity index (χ4v) is 3.57. The van der Waals surface area contributed by atoms with Gasteiger partial charge in [-0.15, -0.1) is 10.2 Å². The highest BCUT2D eigenvalue weighted by atomic mass is 79.9. The maximum atomic E-state index is 4.34. The Morgan fingerprint density at radius 3 is 2.74 bits per heavy atom. The van der Waals surface area contributed by atoms with Crippen LogP contribution >= 0.6 is 27.3 Å². The number of rotatable bonds is 5. The van der Waals surface area contributed by atoms with Crippen molar-refractivity contribution >= 4 is 27.3 Å². The van der Waals surface area contributed by atoms with Crippen molar-refractivity contribution in [1.29, 1.82) is 0 Å². The second-order valence-corrected chi connectivity index (χ2v) is 6.35. The van der Waals surface area contributed by atoms with Gasteiger partial charge in [0.1, 0.15) is 10.0 Å². The van der Waals surface area contributed by atoms with Crippen molar-refractivity contribution in [2.75, 3.05) is 6.54 Å². The molecule has 0 saturated carbocycles. The summed E-state index contributed by atoms with van der Waals surface area (Å²) in [5.41, 5.74) is 2.38. The zero-order chi connectivity index (χ0) is 13.8. The van der Waals surface area contributed by atoms with Crippen LogP contribution in [-0.4, -0.2) is 16.7 Å². The van der Waals surface area contributed by atoms with Crippen molar-refractivity contribution in [1.82, 2.24) is 15.5 Å². The van der Waals surface area contributed by atoms with E-state index in [4.69, 9.17) is 0 Å². The molecule has 0 aliphatic carbocycles. The molecule has 2 aromatic rings. The minimum atomic E-state index is 0.312. The van der Waals surface area contributed by atoms with E-state index in [9.17, 15) is 0 Å². The molecule has 2 rings (SSSR count). The molecule has 0 spiro atoms. The van der Waals surface area contributed by atoms with Crippen LogP contribution in [0.3, 0.4) is 0 Å². The molecule has 1 heterocycles. The van der Waals surface area contributed by atoms with E-state index in [0.717, 1.165) is 27.5 Å². The Labute approximate surface area is 126 Å². The monoisotopic (exact) mass is 339 g/mol. The molecule has 5 heteroatoms. The number of halogens is 1. The highest BCUT2D eigenvalue weighted by Crippen LogP contribution is 2.31. The predicted octanol–water partition coefficient (Wildman–Crippen LogP) is 4.34. The van der Waals surface area contributed by atoms with E-state index in [-0.39, 0.29) is 0 Å². The zero-order valence-electron chi connectivity index (χ0n) is 11.4. The van der Waals surface area contributed by atoms with E-state index in [1.807, 2.05) is 6.07 Å². The third kappa shape index (κ3) is 3.41. The molecule has 1 N–H and O–H groups in total. The first kappa shape index (κ1) is 14.6. The number of nitrogens with zero attached hydrogens (tertiary/aromatic N) is 2. The van der Waals surface area contributed by atoms with Crippen LogP contribution in [0.1, 0.15) is 36.9 Å². The van der Waals surface area contributed by atoms with Gasteiger partial charge in [0.15, 0.2) is 0 Å². The Hall–Kier alpha value is -0.780. The Morgan fingerprint density at radius 1 is 1.32 bits per heavy atom. The Kier molecular flexibility index (Phi) is 5.07. The maximum absolute atomic E-state index is 4.34. The van der Waals surface area contributed by atoms with Crippen LogP contribution in [0.4, 0.5) is 0 Å². The summed E-state index contributed by atoms with van der Waals surface area (Å²) in [4.78, 5) is 0. The Balaban J connectivity index is 2.29. The van der Waals surface area contributed by atoms with Crippen molar-refractivity contribution < 1.29 is 0 Å². The fourth-order valence-electron chi connectivity index (χ4n) is 2.00. The standard InChI is InChI=1S/C14H18BrN3S/c1-4-12(16-5-2)14-18-17-13(19-14)11-7-6-10(15)8-9(11)3/h6-8,12,16H,4-5H2,1-3H3. The van der Waals surface area contributed by atoms with Crippen LogP contribution in [0, 0.1) is 6.92 Å². The van der Waals surface area contributed by atoms with Crippen molar-refractivity contribution in [3.05, 3.63) is 33.2 Å². The molecule has 0 radical (unpaired) electrons. The van der Waals surface area contributed by atoms with Gasteiger partial charge in [-0.05, 0) is 37.6 Å². The number of aryl methyl sites for hydroxylation is 1. The second kappa shape index (κ2) is 6.59. The Morgan fingerprint density at radius 2 is 2.11 bits per heavy atom. The molecule has 1 aromatic carbocycles. The molecular formula is C14H18BrN3S. The third-order valence-electron chi connectivity index (χ3n) is 3.02. The lowest BCUT2D eigenvalue weighted by molar-refractivity contribution is 0.531. The van der Waals surface area contributed by atoms with Gasteiger partial charge in [0, 0.05) is 10.0 Å². The minimum Gasteiger partial charge on any atom is -0.308 e. The smallest absolute Gasteiger partial charge is 0.148 e. The number of benzene rings is 1. The molecule has 102 valence electrons. The van der Waals surface area contributed by atoms with Crippen LogP contribution < -0.4 is 5.32 Å². The van der Waals surface area contributed by atoms with Gasteiger partial charge in [-0.25, -0.2) is 0 Å². The SMILES string of the molecule is CCNC(CC)c1nnc(-c2ccc(Br)cc2C)s1. The van der Waals surface area contributed by atoms with Gasteiger partial charge in [-0.1, -0.05) is 47.2 Å². The molecule has 0 amide bonds. The van der Waals surface area contributed by atoms with Gasteiger partial charge >= 0.3 is 0 Å². The van der Waals surface area contributed by atoms with Crippen LogP contribution in [0.25, 0.3) is 10.6 Å². The van der Waals surface area contributed by atoms with Crippen LogP contribution in [0.2, 0.25) is 0 Å². The molecule has 0 aliphatic rings. The lowest BCUT2D eigenvalue weighted by Crippen LogP contribution is -2.19. The lowest BCUT2D eigenvalue weighted by atomic mass is 10.1. The van der Waals surface area contributed by atoms with Crippen molar-refractivity contribution in [3.8, 4) is 10.6 Å².